The SMILES string of the molecule is COc1c2occc2c(NC(=O)C(Cl)(Cl)Cl)c2ccc(=O)oc12. The van der Waals surface area contributed by atoms with Crippen LogP contribution in [0.4, 0.5) is 5.69 Å². The van der Waals surface area contributed by atoms with Gasteiger partial charge in [-0.1, -0.05) is 34.8 Å². The van der Waals surface area contributed by atoms with E-state index in [1.807, 2.05) is 0 Å². The number of fused-ring (bicyclic) bond motifs is 2. The van der Waals surface area contributed by atoms with Crippen LogP contribution in [-0.2, 0) is 4.79 Å². The number of benzene rings is 1. The Morgan fingerprint density at radius 1 is 1.17 bits per heavy atom. The van der Waals surface area contributed by atoms with Gasteiger partial charge in [-0.05, 0) is 12.1 Å². The van der Waals surface area contributed by atoms with Gasteiger partial charge in [0.05, 0.1) is 19.1 Å². The van der Waals surface area contributed by atoms with Crippen molar-refractivity contribution in [2.45, 2.75) is 3.79 Å². The molecule has 6 nitrogen and oxygen atoms in total. The lowest BCUT2D eigenvalue weighted by molar-refractivity contribution is -0.115. The van der Waals surface area contributed by atoms with E-state index in [1.165, 1.54) is 25.5 Å². The number of nitrogens with one attached hydrogen (secondary N) is 1. The molecule has 0 saturated carbocycles. The number of hydrogen-bond acceptors (Lipinski definition) is 5. The number of carbonyl (C=O) groups is 1. The quantitative estimate of drug-likeness (QED) is 0.542. The molecule has 1 aromatic carbocycles. The van der Waals surface area contributed by atoms with Crippen molar-refractivity contribution in [1.82, 2.24) is 0 Å². The second-order valence-corrected chi connectivity index (χ2v) is 6.80. The predicted molar refractivity (Wildman–Crippen MR) is 87.7 cm³/mol. The molecule has 0 spiro atoms. The van der Waals surface area contributed by atoms with E-state index in [2.05, 4.69) is 5.32 Å². The van der Waals surface area contributed by atoms with Crippen LogP contribution in [0.2, 0.25) is 0 Å². The van der Waals surface area contributed by atoms with E-state index < -0.39 is 15.3 Å². The van der Waals surface area contributed by atoms with Gasteiger partial charge in [0, 0.05) is 16.8 Å². The van der Waals surface area contributed by atoms with E-state index in [1.54, 1.807) is 6.07 Å². The maximum absolute atomic E-state index is 12.0. The number of furan rings is 1. The lowest BCUT2D eigenvalue weighted by atomic mass is 10.1. The van der Waals surface area contributed by atoms with Crippen molar-refractivity contribution in [2.75, 3.05) is 12.4 Å². The average Bonchev–Trinajstić information content (AvgIpc) is 2.95. The summed E-state index contributed by atoms with van der Waals surface area (Å²) in [6.45, 7) is 0. The topological polar surface area (TPSA) is 81.7 Å². The number of amides is 1. The average molecular weight is 377 g/mol. The highest BCUT2D eigenvalue weighted by Gasteiger charge is 2.32. The first-order valence-corrected chi connectivity index (χ1v) is 7.35. The van der Waals surface area contributed by atoms with Crippen LogP contribution in [0.3, 0.4) is 0 Å². The summed E-state index contributed by atoms with van der Waals surface area (Å²) < 4.78 is 13.6. The van der Waals surface area contributed by atoms with Crippen LogP contribution in [0.1, 0.15) is 0 Å². The number of methoxy groups -OCH3 is 1. The molecular weight excluding hydrogens is 369 g/mol. The molecule has 0 bridgehead atoms. The van der Waals surface area contributed by atoms with Crippen molar-refractivity contribution in [3.8, 4) is 5.75 Å². The highest BCUT2D eigenvalue weighted by atomic mass is 35.6. The summed E-state index contributed by atoms with van der Waals surface area (Å²) in [6.07, 6.45) is 1.40. The molecule has 0 fully saturated rings. The van der Waals surface area contributed by atoms with Crippen LogP contribution in [0.25, 0.3) is 21.9 Å². The zero-order valence-electron chi connectivity index (χ0n) is 11.5. The van der Waals surface area contributed by atoms with Crippen molar-refractivity contribution in [2.24, 2.45) is 0 Å². The van der Waals surface area contributed by atoms with Gasteiger partial charge in [-0.3, -0.25) is 4.79 Å². The smallest absolute Gasteiger partial charge is 0.336 e. The van der Waals surface area contributed by atoms with Gasteiger partial charge in [0.25, 0.3) is 9.70 Å². The molecule has 2 aromatic heterocycles. The first-order valence-electron chi connectivity index (χ1n) is 6.22. The van der Waals surface area contributed by atoms with Crippen LogP contribution >= 0.6 is 34.8 Å². The molecule has 0 saturated heterocycles. The minimum Gasteiger partial charge on any atom is -0.490 e. The van der Waals surface area contributed by atoms with Gasteiger partial charge in [0.1, 0.15) is 0 Å². The largest absolute Gasteiger partial charge is 0.490 e. The minimum absolute atomic E-state index is 0.113. The second-order valence-electron chi connectivity index (χ2n) is 4.52. The number of carbonyl (C=O) groups excluding carboxylic acids is 1. The van der Waals surface area contributed by atoms with Crippen LogP contribution in [-0.4, -0.2) is 16.8 Å². The molecule has 23 heavy (non-hydrogen) atoms. The van der Waals surface area contributed by atoms with Gasteiger partial charge in [-0.15, -0.1) is 0 Å². The maximum Gasteiger partial charge on any atom is 0.336 e. The normalized spacial score (nSPS) is 11.8. The van der Waals surface area contributed by atoms with Gasteiger partial charge in [0.15, 0.2) is 11.2 Å². The fraction of sp³-hybridized carbons (Fsp3) is 0.143. The highest BCUT2D eigenvalue weighted by Crippen LogP contribution is 2.42. The zero-order chi connectivity index (χ0) is 16.8. The number of anilines is 1. The molecule has 3 rings (SSSR count). The molecule has 0 atom stereocenters. The summed E-state index contributed by atoms with van der Waals surface area (Å²) in [6, 6.07) is 4.29. The van der Waals surface area contributed by atoms with E-state index in [4.69, 9.17) is 48.4 Å². The third-order valence-electron chi connectivity index (χ3n) is 3.15. The van der Waals surface area contributed by atoms with Crippen LogP contribution < -0.4 is 15.7 Å². The van der Waals surface area contributed by atoms with Gasteiger partial charge in [-0.25, -0.2) is 4.79 Å². The Labute approximate surface area is 143 Å². The number of alkyl halides is 3. The lowest BCUT2D eigenvalue weighted by Crippen LogP contribution is -2.27. The molecule has 0 aliphatic heterocycles. The molecule has 0 aliphatic rings. The van der Waals surface area contributed by atoms with Crippen molar-refractivity contribution < 1.29 is 18.4 Å². The summed E-state index contributed by atoms with van der Waals surface area (Å²) in [5, 5.41) is 3.42. The maximum atomic E-state index is 12.0. The lowest BCUT2D eigenvalue weighted by Gasteiger charge is -2.15. The monoisotopic (exact) mass is 375 g/mol. The summed E-state index contributed by atoms with van der Waals surface area (Å²) in [7, 11) is 1.41. The zero-order valence-corrected chi connectivity index (χ0v) is 13.8. The summed E-state index contributed by atoms with van der Waals surface area (Å²) >= 11 is 16.8. The summed E-state index contributed by atoms with van der Waals surface area (Å²) in [5.74, 6) is -0.632. The molecule has 0 radical (unpaired) electrons. The van der Waals surface area contributed by atoms with E-state index in [-0.39, 0.29) is 22.6 Å². The Morgan fingerprint density at radius 3 is 2.52 bits per heavy atom. The number of ether oxygens (including phenoxy) is 1. The molecule has 3 aromatic rings. The van der Waals surface area contributed by atoms with Crippen LogP contribution in [0.15, 0.2) is 38.1 Å². The molecule has 0 aliphatic carbocycles. The van der Waals surface area contributed by atoms with Crippen molar-refractivity contribution in [3.63, 3.8) is 0 Å². The molecule has 9 heteroatoms. The first kappa shape index (κ1) is 16.0. The third kappa shape index (κ3) is 2.73. The number of halogens is 3. The van der Waals surface area contributed by atoms with Crippen molar-refractivity contribution in [1.29, 1.82) is 0 Å². The standard InChI is InChI=1S/C14H8Cl3NO5/c1-21-12-10-7(4-5-22-10)9(18-13(20)14(15,16)17)6-2-3-8(19)23-11(6)12/h2-5H,1H3,(H,18,20). The molecule has 120 valence electrons. The van der Waals surface area contributed by atoms with Gasteiger partial charge in [0.2, 0.25) is 5.75 Å². The molecule has 2 heterocycles. The fourth-order valence-corrected chi connectivity index (χ4v) is 2.36. The molecule has 1 N–H and O–H groups in total. The number of rotatable bonds is 2. The van der Waals surface area contributed by atoms with Crippen molar-refractivity contribution in [3.05, 3.63) is 34.9 Å². The Hall–Kier alpha value is -1.89. The minimum atomic E-state index is -2.15. The van der Waals surface area contributed by atoms with Crippen LogP contribution in [0.5, 0.6) is 5.75 Å². The predicted octanol–water partition coefficient (Wildman–Crippen LogP) is 3.86. The second kappa shape index (κ2) is 5.63. The summed E-state index contributed by atoms with van der Waals surface area (Å²) in [5.41, 5.74) is 0.0982. The van der Waals surface area contributed by atoms with Gasteiger partial charge in [-0.2, -0.15) is 0 Å². The Balaban J connectivity index is 2.37. The van der Waals surface area contributed by atoms with Gasteiger partial charge >= 0.3 is 5.63 Å². The molecule has 1 amide bonds. The van der Waals surface area contributed by atoms with Crippen LogP contribution in [0, 0.1) is 0 Å². The Morgan fingerprint density at radius 2 is 1.87 bits per heavy atom. The molecule has 0 unspecified atom stereocenters. The first-order chi connectivity index (χ1) is 10.8. The van der Waals surface area contributed by atoms with E-state index >= 15 is 0 Å². The third-order valence-corrected chi connectivity index (χ3v) is 3.66. The highest BCUT2D eigenvalue weighted by molar-refractivity contribution is 6.77. The molecular formula is C14H8Cl3NO5. The van der Waals surface area contributed by atoms with Gasteiger partial charge < -0.3 is 18.9 Å². The van der Waals surface area contributed by atoms with E-state index in [0.29, 0.717) is 10.8 Å². The van der Waals surface area contributed by atoms with Crippen molar-refractivity contribution >= 4 is 68.3 Å². The van der Waals surface area contributed by atoms with E-state index in [0.717, 1.165) is 0 Å². The Bertz CT molecular complexity index is 970. The number of hydrogen-bond donors (Lipinski definition) is 1. The summed E-state index contributed by atoms with van der Waals surface area (Å²) in [4.78, 5) is 23.5. The Kier molecular flexibility index (Phi) is 3.91. The van der Waals surface area contributed by atoms with E-state index in [9.17, 15) is 9.59 Å². The fourth-order valence-electron chi connectivity index (χ4n) is 2.22.